The van der Waals surface area contributed by atoms with E-state index in [1.54, 1.807) is 36.4 Å². The average Bonchev–Trinajstić information content (AvgIpc) is 3.18. The summed E-state index contributed by atoms with van der Waals surface area (Å²) in [6.07, 6.45) is -0.314. The van der Waals surface area contributed by atoms with E-state index in [4.69, 9.17) is 4.74 Å². The van der Waals surface area contributed by atoms with Crippen molar-refractivity contribution in [2.24, 2.45) is 0 Å². The Bertz CT molecular complexity index is 1430. The number of amides is 3. The molecule has 1 aliphatic heterocycles. The summed E-state index contributed by atoms with van der Waals surface area (Å²) in [6.45, 7) is 2.16. The number of imide groups is 1. The Morgan fingerprint density at radius 1 is 0.949 bits per heavy atom. The second kappa shape index (κ2) is 13.1. The summed E-state index contributed by atoms with van der Waals surface area (Å²) in [6, 6.07) is 17.8. The summed E-state index contributed by atoms with van der Waals surface area (Å²) in [4.78, 5) is 38.6. The van der Waals surface area contributed by atoms with E-state index >= 15 is 0 Å². The second-order valence-electron chi connectivity index (χ2n) is 8.49. The quantitative estimate of drug-likeness (QED) is 0.249. The van der Waals surface area contributed by atoms with Crippen molar-refractivity contribution in [1.29, 1.82) is 0 Å². The maximum Gasteiger partial charge on any atom is 0.265 e. The van der Waals surface area contributed by atoms with Gasteiger partial charge in [-0.3, -0.25) is 24.5 Å². The standard InChI is InChI=1S/C27H27N3O7S.Pr/c1-3-37-20-12-8-18(9-13-20)19-10-14-21(15-11-19)38(35,36)30(34)24(25(31)28-2)16-17-29-26(32)22-6-4-5-7-23(22)27(29)33;/h4-15,24,34H,3,16-17H2,1-2H3,(H,28,31);/t24-;/m1./s1. The third kappa shape index (κ3) is 6.39. The zero-order valence-corrected chi connectivity index (χ0v) is 25.9. The van der Waals surface area contributed by atoms with Gasteiger partial charge in [0.1, 0.15) is 11.8 Å². The van der Waals surface area contributed by atoms with Crippen molar-refractivity contribution in [3.8, 4) is 16.9 Å². The minimum absolute atomic E-state index is 0. The van der Waals surface area contributed by atoms with Crippen LogP contribution in [0.2, 0.25) is 0 Å². The monoisotopic (exact) mass is 678 g/mol. The Kier molecular flexibility index (Phi) is 10.4. The van der Waals surface area contributed by atoms with Gasteiger partial charge in [-0.2, -0.15) is 0 Å². The van der Waals surface area contributed by atoms with Crippen molar-refractivity contribution in [2.45, 2.75) is 24.3 Å². The number of hydrogen-bond acceptors (Lipinski definition) is 7. The molecule has 39 heavy (non-hydrogen) atoms. The largest absolute Gasteiger partial charge is 0.494 e. The van der Waals surface area contributed by atoms with Gasteiger partial charge in [-0.25, -0.2) is 8.42 Å². The number of sulfonamides is 1. The first kappa shape index (κ1) is 30.8. The summed E-state index contributed by atoms with van der Waals surface area (Å²) < 4.78 is 31.8. The molecular weight excluding hydrogens is 651 g/mol. The predicted octanol–water partition coefficient (Wildman–Crippen LogP) is 2.93. The van der Waals surface area contributed by atoms with E-state index in [2.05, 4.69) is 5.32 Å². The van der Waals surface area contributed by atoms with Crippen molar-refractivity contribution < 1.29 is 74.0 Å². The molecule has 3 amide bonds. The number of nitrogens with zero attached hydrogens (tertiary/aromatic N) is 2. The van der Waals surface area contributed by atoms with Crippen LogP contribution in [0.3, 0.4) is 0 Å². The topological polar surface area (TPSA) is 133 Å². The molecule has 4 rings (SSSR count). The number of hydroxylamine groups is 1. The fourth-order valence-corrected chi connectivity index (χ4v) is 5.44. The summed E-state index contributed by atoms with van der Waals surface area (Å²) in [5.41, 5.74) is 2.04. The molecule has 12 heteroatoms. The molecule has 1 aliphatic rings. The Morgan fingerprint density at radius 3 is 1.95 bits per heavy atom. The van der Waals surface area contributed by atoms with Crippen LogP contribution in [0, 0.1) is 41.3 Å². The van der Waals surface area contributed by atoms with Crippen LogP contribution in [0.15, 0.2) is 77.7 Å². The predicted molar refractivity (Wildman–Crippen MR) is 138 cm³/mol. The van der Waals surface area contributed by atoms with Gasteiger partial charge in [0.05, 0.1) is 22.6 Å². The SMILES string of the molecule is CCOc1ccc(-c2ccc(S(=O)(=O)N(O)[C@H](CCN3C(=O)c4ccccc4C3=O)C(=O)NC)cc2)cc1.[Pr]. The van der Waals surface area contributed by atoms with Crippen LogP contribution in [-0.2, 0) is 14.8 Å². The number of rotatable bonds is 10. The van der Waals surface area contributed by atoms with Crippen LogP contribution in [-0.4, -0.2) is 67.0 Å². The number of nitrogens with one attached hydrogen (secondary N) is 1. The minimum atomic E-state index is -4.51. The Hall–Kier alpha value is -2.70. The van der Waals surface area contributed by atoms with Gasteiger partial charge in [0, 0.05) is 54.9 Å². The molecule has 10 nitrogen and oxygen atoms in total. The zero-order valence-electron chi connectivity index (χ0n) is 21.4. The van der Waals surface area contributed by atoms with E-state index in [9.17, 15) is 28.0 Å². The van der Waals surface area contributed by atoms with Gasteiger partial charge in [0.15, 0.2) is 0 Å². The molecule has 0 spiro atoms. The Balaban J connectivity index is 0.00000420. The summed E-state index contributed by atoms with van der Waals surface area (Å²) in [5, 5.41) is 13.0. The van der Waals surface area contributed by atoms with Crippen LogP contribution in [0.5, 0.6) is 5.75 Å². The smallest absolute Gasteiger partial charge is 0.265 e. The first-order valence-electron chi connectivity index (χ1n) is 11.9. The summed E-state index contributed by atoms with van der Waals surface area (Å²) in [7, 11) is -3.22. The number of benzene rings is 3. The molecule has 3 aromatic carbocycles. The maximum atomic E-state index is 13.2. The second-order valence-corrected chi connectivity index (χ2v) is 10.3. The first-order valence-corrected chi connectivity index (χ1v) is 13.4. The minimum Gasteiger partial charge on any atom is -0.494 e. The van der Waals surface area contributed by atoms with Crippen LogP contribution < -0.4 is 10.1 Å². The van der Waals surface area contributed by atoms with E-state index in [1.165, 1.54) is 31.3 Å². The summed E-state index contributed by atoms with van der Waals surface area (Å²) in [5.74, 6) is -1.16. The van der Waals surface area contributed by atoms with E-state index in [0.29, 0.717) is 12.4 Å². The van der Waals surface area contributed by atoms with Crippen LogP contribution in [0.25, 0.3) is 11.1 Å². The molecule has 1 radical (unpaired) electrons. The fraction of sp³-hybridized carbons (Fsp3) is 0.222. The third-order valence-corrected chi connectivity index (χ3v) is 7.83. The van der Waals surface area contributed by atoms with Crippen molar-refractivity contribution in [3.05, 3.63) is 83.9 Å². The van der Waals surface area contributed by atoms with Gasteiger partial charge in [-0.1, -0.05) is 40.9 Å². The number of ether oxygens (including phenoxy) is 1. The molecule has 1 atom stereocenters. The molecule has 1 heterocycles. The van der Waals surface area contributed by atoms with E-state index in [0.717, 1.165) is 16.0 Å². The van der Waals surface area contributed by atoms with Crippen molar-refractivity contribution in [3.63, 3.8) is 0 Å². The third-order valence-electron chi connectivity index (χ3n) is 6.22. The molecule has 0 saturated carbocycles. The zero-order chi connectivity index (χ0) is 27.4. The van der Waals surface area contributed by atoms with Crippen molar-refractivity contribution >= 4 is 27.7 Å². The molecule has 201 valence electrons. The van der Waals surface area contributed by atoms with Crippen LogP contribution in [0.4, 0.5) is 0 Å². The summed E-state index contributed by atoms with van der Waals surface area (Å²) >= 11 is 0. The average molecular weight is 679 g/mol. The van der Waals surface area contributed by atoms with Gasteiger partial charge in [0.25, 0.3) is 21.8 Å². The molecule has 0 unspecified atom stereocenters. The number of carbonyl (C=O) groups is 3. The van der Waals surface area contributed by atoms with Crippen molar-refractivity contribution in [1.82, 2.24) is 14.7 Å². The van der Waals surface area contributed by atoms with Crippen LogP contribution in [0.1, 0.15) is 34.1 Å². The molecule has 0 bridgehead atoms. The molecule has 2 N–H and O–H groups in total. The maximum absolute atomic E-state index is 13.2. The van der Waals surface area contributed by atoms with Gasteiger partial charge in [0.2, 0.25) is 5.91 Å². The van der Waals surface area contributed by atoms with Gasteiger partial charge in [-0.15, -0.1) is 0 Å². The Labute approximate surface area is 259 Å². The molecule has 0 aliphatic carbocycles. The van der Waals surface area contributed by atoms with Gasteiger partial charge >= 0.3 is 0 Å². The first-order chi connectivity index (χ1) is 18.2. The van der Waals surface area contributed by atoms with Gasteiger partial charge in [-0.05, 0) is 60.9 Å². The molecule has 3 aromatic rings. The normalized spacial score (nSPS) is 13.6. The van der Waals surface area contributed by atoms with E-state index in [1.807, 2.05) is 19.1 Å². The number of carbonyl (C=O) groups excluding carboxylic acids is 3. The fourth-order valence-electron chi connectivity index (χ4n) is 4.21. The van der Waals surface area contributed by atoms with Crippen molar-refractivity contribution in [2.75, 3.05) is 20.2 Å². The number of likely N-dealkylation sites (N-methyl/N-ethyl adjacent to an activating group) is 1. The van der Waals surface area contributed by atoms with Gasteiger partial charge < -0.3 is 10.1 Å². The number of fused-ring (bicyclic) bond motifs is 1. The van der Waals surface area contributed by atoms with E-state index < -0.39 is 33.8 Å². The Morgan fingerprint density at radius 2 is 1.46 bits per heavy atom. The molecule has 0 fully saturated rings. The molecule has 0 saturated heterocycles. The molecular formula is C27H27N3O7PrS. The van der Waals surface area contributed by atoms with Crippen LogP contribution >= 0.6 is 0 Å². The van der Waals surface area contributed by atoms with E-state index in [-0.39, 0.29) is 74.7 Å². The number of hydrogen-bond donors (Lipinski definition) is 2. The molecule has 0 aromatic heterocycles.